The fraction of sp³-hybridized carbons (Fsp3) is 0.625. The van der Waals surface area contributed by atoms with Crippen molar-refractivity contribution in [2.75, 3.05) is 5.32 Å². The van der Waals surface area contributed by atoms with Crippen molar-refractivity contribution in [2.24, 2.45) is 0 Å². The normalized spacial score (nSPS) is 14.4. The van der Waals surface area contributed by atoms with Crippen LogP contribution in [0, 0.1) is 0 Å². The second-order valence-electron chi connectivity index (χ2n) is 4.97. The van der Waals surface area contributed by atoms with Crippen molar-refractivity contribution in [2.45, 2.75) is 65.3 Å². The lowest BCUT2D eigenvalue weighted by atomic mass is 9.98. The smallest absolute Gasteiger partial charge is 0.0342 e. The largest absolute Gasteiger partial charge is 0.382 e. The molecule has 1 aromatic carbocycles. The molecule has 96 valence electrons. The Hall–Kier alpha value is -0.980. The molecule has 0 saturated carbocycles. The van der Waals surface area contributed by atoms with Crippen LogP contribution in [0.4, 0.5) is 5.69 Å². The minimum absolute atomic E-state index is 0.620. The Morgan fingerprint density at radius 2 is 1.65 bits per heavy atom. The van der Waals surface area contributed by atoms with Gasteiger partial charge in [-0.25, -0.2) is 0 Å². The lowest BCUT2D eigenvalue weighted by molar-refractivity contribution is 0.622. The van der Waals surface area contributed by atoms with Gasteiger partial charge < -0.3 is 5.32 Å². The molecule has 2 unspecified atom stereocenters. The molecule has 0 aliphatic rings. The first-order chi connectivity index (χ1) is 8.21. The summed E-state index contributed by atoms with van der Waals surface area (Å²) >= 11 is 0. The van der Waals surface area contributed by atoms with Crippen molar-refractivity contribution in [3.05, 3.63) is 29.8 Å². The van der Waals surface area contributed by atoms with Gasteiger partial charge in [-0.1, -0.05) is 46.2 Å². The fourth-order valence-corrected chi connectivity index (χ4v) is 2.11. The Morgan fingerprint density at radius 3 is 2.12 bits per heavy atom. The summed E-state index contributed by atoms with van der Waals surface area (Å²) in [5.74, 6) is 0.668. The monoisotopic (exact) mass is 233 g/mol. The van der Waals surface area contributed by atoms with Gasteiger partial charge in [-0.3, -0.25) is 0 Å². The average molecular weight is 233 g/mol. The second-order valence-corrected chi connectivity index (χ2v) is 4.97. The first kappa shape index (κ1) is 14.1. The topological polar surface area (TPSA) is 12.0 Å². The second kappa shape index (κ2) is 7.37. The molecule has 1 rings (SSSR count). The van der Waals surface area contributed by atoms with Crippen molar-refractivity contribution >= 4 is 5.69 Å². The van der Waals surface area contributed by atoms with Gasteiger partial charge >= 0.3 is 0 Å². The van der Waals surface area contributed by atoms with Crippen LogP contribution in [0.2, 0.25) is 0 Å². The fourth-order valence-electron chi connectivity index (χ4n) is 2.11. The van der Waals surface area contributed by atoms with Crippen LogP contribution in [0.5, 0.6) is 0 Å². The summed E-state index contributed by atoms with van der Waals surface area (Å²) in [7, 11) is 0. The van der Waals surface area contributed by atoms with E-state index in [1.165, 1.54) is 36.9 Å². The molecular weight excluding hydrogens is 206 g/mol. The zero-order chi connectivity index (χ0) is 12.7. The molecule has 0 radical (unpaired) electrons. The summed E-state index contributed by atoms with van der Waals surface area (Å²) in [6, 6.07) is 9.58. The van der Waals surface area contributed by atoms with Crippen LogP contribution < -0.4 is 5.32 Å². The van der Waals surface area contributed by atoms with Crippen molar-refractivity contribution in [3.63, 3.8) is 0 Å². The highest BCUT2D eigenvalue weighted by Gasteiger charge is 2.06. The van der Waals surface area contributed by atoms with Crippen LogP contribution in [0.15, 0.2) is 24.3 Å². The van der Waals surface area contributed by atoms with E-state index in [1.807, 2.05) is 0 Å². The predicted octanol–water partition coefficient (Wildman–Crippen LogP) is 5.19. The SMILES string of the molecule is CCCC(CC)Nc1ccc(C(C)CC)cc1. The van der Waals surface area contributed by atoms with Crippen LogP contribution in [0.1, 0.15) is 64.9 Å². The maximum absolute atomic E-state index is 3.61. The van der Waals surface area contributed by atoms with Gasteiger partial charge in [-0.05, 0) is 42.9 Å². The highest BCUT2D eigenvalue weighted by Crippen LogP contribution is 2.21. The van der Waals surface area contributed by atoms with Crippen molar-refractivity contribution < 1.29 is 0 Å². The molecular formula is C16H27N. The van der Waals surface area contributed by atoms with E-state index >= 15 is 0 Å². The Morgan fingerprint density at radius 1 is 1.00 bits per heavy atom. The van der Waals surface area contributed by atoms with E-state index in [2.05, 4.69) is 57.3 Å². The maximum atomic E-state index is 3.61. The van der Waals surface area contributed by atoms with Gasteiger partial charge in [0, 0.05) is 11.7 Å². The van der Waals surface area contributed by atoms with E-state index in [-0.39, 0.29) is 0 Å². The molecule has 0 fully saturated rings. The van der Waals surface area contributed by atoms with Gasteiger partial charge in [0.15, 0.2) is 0 Å². The zero-order valence-electron chi connectivity index (χ0n) is 11.8. The molecule has 0 aromatic heterocycles. The van der Waals surface area contributed by atoms with Gasteiger partial charge in [-0.2, -0.15) is 0 Å². The van der Waals surface area contributed by atoms with Gasteiger partial charge in [0.2, 0.25) is 0 Å². The summed E-state index contributed by atoms with van der Waals surface area (Å²) in [6.45, 7) is 9.02. The van der Waals surface area contributed by atoms with Crippen LogP contribution >= 0.6 is 0 Å². The van der Waals surface area contributed by atoms with Crippen LogP contribution in [0.3, 0.4) is 0 Å². The predicted molar refractivity (Wildman–Crippen MR) is 77.8 cm³/mol. The molecule has 0 amide bonds. The molecule has 1 aromatic rings. The molecule has 1 heteroatoms. The molecule has 0 saturated heterocycles. The van der Waals surface area contributed by atoms with E-state index in [0.717, 1.165) is 0 Å². The summed E-state index contributed by atoms with van der Waals surface area (Å²) in [5.41, 5.74) is 2.71. The van der Waals surface area contributed by atoms with E-state index < -0.39 is 0 Å². The molecule has 1 N–H and O–H groups in total. The van der Waals surface area contributed by atoms with Crippen LogP contribution in [0.25, 0.3) is 0 Å². The summed E-state index contributed by atoms with van der Waals surface area (Å²) < 4.78 is 0. The number of hydrogen-bond acceptors (Lipinski definition) is 1. The minimum atomic E-state index is 0.620. The first-order valence-corrected chi connectivity index (χ1v) is 7.07. The molecule has 17 heavy (non-hydrogen) atoms. The lowest BCUT2D eigenvalue weighted by Gasteiger charge is -2.18. The maximum Gasteiger partial charge on any atom is 0.0342 e. The number of nitrogens with one attached hydrogen (secondary N) is 1. The highest BCUT2D eigenvalue weighted by atomic mass is 14.9. The molecule has 2 atom stereocenters. The van der Waals surface area contributed by atoms with Gasteiger partial charge in [0.1, 0.15) is 0 Å². The lowest BCUT2D eigenvalue weighted by Crippen LogP contribution is -2.17. The third-order valence-corrected chi connectivity index (χ3v) is 3.59. The van der Waals surface area contributed by atoms with Crippen molar-refractivity contribution in [1.29, 1.82) is 0 Å². The Bertz CT molecular complexity index is 302. The summed E-state index contributed by atoms with van der Waals surface area (Å²) in [5, 5.41) is 3.61. The third kappa shape index (κ3) is 4.41. The molecule has 0 aliphatic heterocycles. The first-order valence-electron chi connectivity index (χ1n) is 7.07. The zero-order valence-corrected chi connectivity index (χ0v) is 11.8. The molecule has 0 heterocycles. The Kier molecular flexibility index (Phi) is 6.10. The van der Waals surface area contributed by atoms with Crippen molar-refractivity contribution in [1.82, 2.24) is 0 Å². The third-order valence-electron chi connectivity index (χ3n) is 3.59. The van der Waals surface area contributed by atoms with Gasteiger partial charge in [-0.15, -0.1) is 0 Å². The number of benzene rings is 1. The number of anilines is 1. The number of rotatable bonds is 7. The standard InChI is InChI=1S/C16H27N/c1-5-8-15(7-3)17-16-11-9-14(10-12-16)13(4)6-2/h9-13,15,17H,5-8H2,1-4H3. The molecule has 1 nitrogen and oxygen atoms in total. The van der Waals surface area contributed by atoms with E-state index in [1.54, 1.807) is 0 Å². The summed E-state index contributed by atoms with van der Waals surface area (Å²) in [6.07, 6.45) is 4.90. The minimum Gasteiger partial charge on any atom is -0.382 e. The molecule has 0 aliphatic carbocycles. The Labute approximate surface area is 107 Å². The highest BCUT2D eigenvalue weighted by molar-refractivity contribution is 5.45. The van der Waals surface area contributed by atoms with Gasteiger partial charge in [0.05, 0.1) is 0 Å². The van der Waals surface area contributed by atoms with Crippen LogP contribution in [-0.4, -0.2) is 6.04 Å². The van der Waals surface area contributed by atoms with Crippen molar-refractivity contribution in [3.8, 4) is 0 Å². The van der Waals surface area contributed by atoms with Crippen LogP contribution in [-0.2, 0) is 0 Å². The molecule has 0 bridgehead atoms. The number of hydrogen-bond donors (Lipinski definition) is 1. The van der Waals surface area contributed by atoms with E-state index in [4.69, 9.17) is 0 Å². The quantitative estimate of drug-likeness (QED) is 0.683. The van der Waals surface area contributed by atoms with Gasteiger partial charge in [0.25, 0.3) is 0 Å². The molecule has 0 spiro atoms. The Balaban J connectivity index is 2.61. The summed E-state index contributed by atoms with van der Waals surface area (Å²) in [4.78, 5) is 0. The average Bonchev–Trinajstić information content (AvgIpc) is 2.38. The van der Waals surface area contributed by atoms with E-state index in [0.29, 0.717) is 12.0 Å². The van der Waals surface area contributed by atoms with E-state index in [9.17, 15) is 0 Å².